The first-order valence-electron chi connectivity index (χ1n) is 4.07. The first kappa shape index (κ1) is 9.55. The van der Waals surface area contributed by atoms with E-state index in [2.05, 4.69) is 43.4 Å². The summed E-state index contributed by atoms with van der Waals surface area (Å²) in [6, 6.07) is 8.70. The highest BCUT2D eigenvalue weighted by molar-refractivity contribution is 6.77. The van der Waals surface area contributed by atoms with Gasteiger partial charge in [0.1, 0.15) is 0 Å². The van der Waals surface area contributed by atoms with Crippen molar-refractivity contribution in [3.8, 4) is 0 Å². The molecule has 0 radical (unpaired) electrons. The van der Waals surface area contributed by atoms with Crippen LogP contribution in [0.4, 0.5) is 0 Å². The number of benzene rings is 1. The van der Waals surface area contributed by atoms with Crippen molar-refractivity contribution in [1.29, 1.82) is 0 Å². The van der Waals surface area contributed by atoms with Crippen LogP contribution in [0.5, 0.6) is 0 Å². The van der Waals surface area contributed by atoms with Crippen LogP contribution in [0.2, 0.25) is 6.55 Å². The average Bonchev–Trinajstić information content (AvgIpc) is 2.06. The van der Waals surface area contributed by atoms with E-state index in [-0.39, 0.29) is 0 Å². The van der Waals surface area contributed by atoms with Crippen LogP contribution in [-0.2, 0) is 0 Å². The van der Waals surface area contributed by atoms with Crippen molar-refractivity contribution in [2.45, 2.75) is 13.5 Å². The molecule has 0 bridgehead atoms. The number of aryl methyl sites for hydroxylation is 1. The van der Waals surface area contributed by atoms with Gasteiger partial charge in [0, 0.05) is 0 Å². The molecule has 1 aromatic carbocycles. The second-order valence-corrected chi connectivity index (χ2v) is 5.90. The zero-order valence-electron chi connectivity index (χ0n) is 7.42. The van der Waals surface area contributed by atoms with E-state index < -0.39 is 8.80 Å². The van der Waals surface area contributed by atoms with Crippen LogP contribution >= 0.6 is 11.6 Å². The Balaban J connectivity index is 2.82. The average molecular weight is 197 g/mol. The van der Waals surface area contributed by atoms with E-state index in [9.17, 15) is 0 Å². The molecule has 0 N–H and O–H groups in total. The van der Waals surface area contributed by atoms with Crippen LogP contribution in [0, 0.1) is 6.92 Å². The summed E-state index contributed by atoms with van der Waals surface area (Å²) in [6.07, 6.45) is 0. The molecule has 1 aromatic rings. The molecule has 64 valence electrons. The molecule has 0 fully saturated rings. The largest absolute Gasteiger partial charge is 0.0937 e. The fourth-order valence-corrected chi connectivity index (χ4v) is 2.98. The summed E-state index contributed by atoms with van der Waals surface area (Å²) in [7, 11) is -0.894. The molecule has 0 aromatic heterocycles. The van der Waals surface area contributed by atoms with Gasteiger partial charge in [-0.05, 0) is 12.5 Å². The highest BCUT2D eigenvalue weighted by Gasteiger charge is 2.01. The summed E-state index contributed by atoms with van der Waals surface area (Å²) in [5, 5.41) is 1.44. The van der Waals surface area contributed by atoms with Crippen molar-refractivity contribution in [3.63, 3.8) is 0 Å². The van der Waals surface area contributed by atoms with E-state index in [0.29, 0.717) is 0 Å². The fourth-order valence-electron chi connectivity index (χ4n) is 1.09. The molecule has 0 saturated heterocycles. The highest BCUT2D eigenvalue weighted by Crippen LogP contribution is 1.96. The van der Waals surface area contributed by atoms with Crippen molar-refractivity contribution in [3.05, 3.63) is 41.1 Å². The first-order valence-corrected chi connectivity index (χ1v) is 6.91. The van der Waals surface area contributed by atoms with Gasteiger partial charge < -0.3 is 0 Å². The minimum Gasteiger partial charge on any atom is -0.0937 e. The third-order valence-corrected chi connectivity index (χ3v) is 4.56. The molecule has 12 heavy (non-hydrogen) atoms. The number of rotatable bonds is 2. The molecule has 0 aliphatic heterocycles. The van der Waals surface area contributed by atoms with Crippen LogP contribution in [0.3, 0.4) is 0 Å². The molecule has 0 heterocycles. The maximum absolute atomic E-state index is 5.53. The van der Waals surface area contributed by atoms with Crippen LogP contribution in [-0.4, -0.2) is 8.80 Å². The van der Waals surface area contributed by atoms with Crippen LogP contribution in [0.15, 0.2) is 35.5 Å². The van der Waals surface area contributed by atoms with E-state index in [1.807, 2.05) is 0 Å². The van der Waals surface area contributed by atoms with Crippen LogP contribution < -0.4 is 5.19 Å². The zero-order valence-corrected chi connectivity index (χ0v) is 9.33. The minimum atomic E-state index is -0.894. The Morgan fingerprint density at radius 3 is 2.33 bits per heavy atom. The Morgan fingerprint density at radius 2 is 1.83 bits per heavy atom. The van der Waals surface area contributed by atoms with Gasteiger partial charge in [0.25, 0.3) is 0 Å². The topological polar surface area (TPSA) is 0 Å². The Bertz CT molecular complexity index is 264. The quantitative estimate of drug-likeness (QED) is 0.638. The fraction of sp³-hybridized carbons (Fsp3) is 0.200. The summed E-state index contributed by atoms with van der Waals surface area (Å²) >= 11 is 5.53. The Labute approximate surface area is 80.5 Å². The monoisotopic (exact) mass is 196 g/mol. The smallest absolute Gasteiger partial charge is 0.0921 e. The van der Waals surface area contributed by atoms with Crippen LogP contribution in [0.25, 0.3) is 0 Å². The molecule has 0 spiro atoms. The predicted molar refractivity (Wildman–Crippen MR) is 58.8 cm³/mol. The van der Waals surface area contributed by atoms with E-state index >= 15 is 0 Å². The second kappa shape index (κ2) is 4.48. The molecule has 0 aliphatic rings. The number of hydrogen-bond donors (Lipinski definition) is 0. The summed E-state index contributed by atoms with van der Waals surface area (Å²) < 4.78 is 0. The van der Waals surface area contributed by atoms with Gasteiger partial charge >= 0.3 is 0 Å². The van der Waals surface area contributed by atoms with Crippen molar-refractivity contribution in [1.82, 2.24) is 0 Å². The van der Waals surface area contributed by atoms with Crippen molar-refractivity contribution in [2.75, 3.05) is 0 Å². The third kappa shape index (κ3) is 2.50. The Kier molecular flexibility index (Phi) is 3.57. The lowest BCUT2D eigenvalue weighted by atomic mass is 10.2. The standard InChI is InChI=1S/C10H13ClSi/c1-9-3-5-10(6-4-9)12(2)8-7-11/h3-8,12H,1-2H3. The number of halogens is 1. The summed E-state index contributed by atoms with van der Waals surface area (Å²) in [4.78, 5) is 0. The lowest BCUT2D eigenvalue weighted by molar-refractivity contribution is 1.49. The molecule has 0 amide bonds. The van der Waals surface area contributed by atoms with Crippen molar-refractivity contribution >= 4 is 25.6 Å². The van der Waals surface area contributed by atoms with Gasteiger partial charge in [-0.25, -0.2) is 0 Å². The Hall–Kier alpha value is -0.533. The molecule has 2 heteroatoms. The maximum atomic E-state index is 5.53. The van der Waals surface area contributed by atoms with Gasteiger partial charge in [-0.3, -0.25) is 0 Å². The molecule has 1 atom stereocenters. The van der Waals surface area contributed by atoms with E-state index in [4.69, 9.17) is 11.6 Å². The molecule has 0 saturated carbocycles. The molecule has 0 aliphatic carbocycles. The van der Waals surface area contributed by atoms with Gasteiger partial charge in [0.2, 0.25) is 0 Å². The molecule has 1 unspecified atom stereocenters. The van der Waals surface area contributed by atoms with Gasteiger partial charge in [-0.1, -0.05) is 58.9 Å². The maximum Gasteiger partial charge on any atom is 0.0921 e. The lowest BCUT2D eigenvalue weighted by Crippen LogP contribution is -2.23. The Morgan fingerprint density at radius 1 is 1.25 bits per heavy atom. The number of hydrogen-bond acceptors (Lipinski definition) is 0. The van der Waals surface area contributed by atoms with Gasteiger partial charge in [0.15, 0.2) is 0 Å². The molecular formula is C10H13ClSi. The SMILES string of the molecule is Cc1ccc([SiH](C)C=CCl)cc1. The minimum absolute atomic E-state index is 0.894. The summed E-state index contributed by atoms with van der Waals surface area (Å²) in [6.45, 7) is 4.37. The summed E-state index contributed by atoms with van der Waals surface area (Å²) in [5.74, 6) is 0. The van der Waals surface area contributed by atoms with Crippen molar-refractivity contribution < 1.29 is 0 Å². The van der Waals surface area contributed by atoms with E-state index in [1.54, 1.807) is 5.54 Å². The van der Waals surface area contributed by atoms with E-state index in [0.717, 1.165) is 0 Å². The van der Waals surface area contributed by atoms with Crippen LogP contribution in [0.1, 0.15) is 5.56 Å². The first-order chi connectivity index (χ1) is 5.74. The third-order valence-electron chi connectivity index (χ3n) is 1.96. The van der Waals surface area contributed by atoms with Crippen molar-refractivity contribution in [2.24, 2.45) is 0 Å². The molecular weight excluding hydrogens is 184 g/mol. The van der Waals surface area contributed by atoms with Gasteiger partial charge in [0.05, 0.1) is 8.80 Å². The highest BCUT2D eigenvalue weighted by atomic mass is 35.5. The second-order valence-electron chi connectivity index (χ2n) is 3.02. The molecule has 0 nitrogen and oxygen atoms in total. The molecule has 1 rings (SSSR count). The van der Waals surface area contributed by atoms with E-state index in [1.165, 1.54) is 10.8 Å². The zero-order chi connectivity index (χ0) is 8.97. The summed E-state index contributed by atoms with van der Waals surface area (Å²) in [5.41, 5.74) is 5.07. The predicted octanol–water partition coefficient (Wildman–Crippen LogP) is 2.35. The lowest BCUT2D eigenvalue weighted by Gasteiger charge is -2.04. The van der Waals surface area contributed by atoms with Gasteiger partial charge in [-0.2, -0.15) is 0 Å². The van der Waals surface area contributed by atoms with Gasteiger partial charge in [-0.15, -0.1) is 0 Å². The normalized spacial score (nSPS) is 13.6.